The molecule has 1 aliphatic rings. The molecule has 16 heavy (non-hydrogen) atoms. The Morgan fingerprint density at radius 2 is 2.25 bits per heavy atom. The molecule has 88 valence electrons. The van der Waals surface area contributed by atoms with Crippen LogP contribution in [-0.2, 0) is 6.42 Å². The lowest BCUT2D eigenvalue weighted by Gasteiger charge is -2.25. The minimum Gasteiger partial charge on any atom is -0.316 e. The van der Waals surface area contributed by atoms with Crippen molar-refractivity contribution in [3.63, 3.8) is 0 Å². The largest absolute Gasteiger partial charge is 0.316 e. The highest BCUT2D eigenvalue weighted by Gasteiger charge is 2.18. The van der Waals surface area contributed by atoms with E-state index in [9.17, 15) is 4.39 Å². The first-order valence-electron chi connectivity index (χ1n) is 6.22. The summed E-state index contributed by atoms with van der Waals surface area (Å²) in [6, 6.07) is 3.77. The Morgan fingerprint density at radius 1 is 1.44 bits per heavy atom. The molecular formula is C14H20FN. The number of rotatable bonds is 2. The van der Waals surface area contributed by atoms with Crippen LogP contribution in [0.25, 0.3) is 0 Å². The summed E-state index contributed by atoms with van der Waals surface area (Å²) in [7, 11) is 0. The van der Waals surface area contributed by atoms with Gasteiger partial charge in [-0.05, 0) is 61.4 Å². The Kier molecular flexibility index (Phi) is 3.59. The Balaban J connectivity index is 2.31. The van der Waals surface area contributed by atoms with Gasteiger partial charge < -0.3 is 5.32 Å². The summed E-state index contributed by atoms with van der Waals surface area (Å²) in [6.45, 7) is 6.19. The summed E-state index contributed by atoms with van der Waals surface area (Å²) in [5, 5.41) is 3.42. The van der Waals surface area contributed by atoms with Crippen molar-refractivity contribution in [1.82, 2.24) is 5.32 Å². The van der Waals surface area contributed by atoms with Crippen molar-refractivity contribution in [2.45, 2.75) is 39.0 Å². The third-order valence-electron chi connectivity index (χ3n) is 3.55. The summed E-state index contributed by atoms with van der Waals surface area (Å²) in [5.74, 6) is 0.521. The lowest BCUT2D eigenvalue weighted by Crippen LogP contribution is -2.28. The summed E-state index contributed by atoms with van der Waals surface area (Å²) in [6.07, 6.45) is 3.23. The second-order valence-electron chi connectivity index (χ2n) is 4.70. The SMILES string of the molecule is CCc1cc(C2CCCNC2)c(C)cc1F. The lowest BCUT2D eigenvalue weighted by molar-refractivity contribution is 0.459. The molecule has 0 spiro atoms. The van der Waals surface area contributed by atoms with E-state index < -0.39 is 0 Å². The molecule has 0 aromatic heterocycles. The van der Waals surface area contributed by atoms with E-state index in [2.05, 4.69) is 11.4 Å². The number of piperidine rings is 1. The van der Waals surface area contributed by atoms with Crippen molar-refractivity contribution < 1.29 is 4.39 Å². The number of hydrogen-bond donors (Lipinski definition) is 1. The first-order chi connectivity index (χ1) is 7.72. The van der Waals surface area contributed by atoms with Crippen molar-refractivity contribution in [2.75, 3.05) is 13.1 Å². The van der Waals surface area contributed by atoms with Gasteiger partial charge in [0.1, 0.15) is 5.82 Å². The standard InChI is InChI=1S/C14H20FN/c1-3-11-8-13(10(2)7-14(11)15)12-5-4-6-16-9-12/h7-8,12,16H,3-6,9H2,1-2H3. The number of aryl methyl sites for hydroxylation is 2. The van der Waals surface area contributed by atoms with E-state index in [1.54, 1.807) is 6.07 Å². The van der Waals surface area contributed by atoms with Crippen molar-refractivity contribution >= 4 is 0 Å². The third kappa shape index (κ3) is 2.27. The smallest absolute Gasteiger partial charge is 0.126 e. The van der Waals surface area contributed by atoms with Gasteiger partial charge in [0.15, 0.2) is 0 Å². The van der Waals surface area contributed by atoms with Crippen molar-refractivity contribution in [3.05, 3.63) is 34.6 Å². The van der Waals surface area contributed by atoms with Gasteiger partial charge in [-0.25, -0.2) is 4.39 Å². The van der Waals surface area contributed by atoms with Gasteiger partial charge >= 0.3 is 0 Å². The van der Waals surface area contributed by atoms with E-state index in [1.807, 2.05) is 13.8 Å². The van der Waals surface area contributed by atoms with Crippen LogP contribution in [0.4, 0.5) is 4.39 Å². The average Bonchev–Trinajstić information content (AvgIpc) is 2.30. The van der Waals surface area contributed by atoms with Crippen molar-refractivity contribution in [3.8, 4) is 0 Å². The minimum absolute atomic E-state index is 0.0486. The van der Waals surface area contributed by atoms with E-state index in [0.717, 1.165) is 30.6 Å². The molecule has 1 heterocycles. The van der Waals surface area contributed by atoms with Gasteiger partial charge in [-0.1, -0.05) is 13.0 Å². The quantitative estimate of drug-likeness (QED) is 0.809. The predicted molar refractivity (Wildman–Crippen MR) is 65.4 cm³/mol. The Hall–Kier alpha value is -0.890. The normalized spacial score (nSPS) is 21.1. The van der Waals surface area contributed by atoms with Crippen LogP contribution in [0.2, 0.25) is 0 Å². The second-order valence-corrected chi connectivity index (χ2v) is 4.70. The molecule has 0 aliphatic carbocycles. The molecule has 2 heteroatoms. The van der Waals surface area contributed by atoms with Crippen molar-refractivity contribution in [1.29, 1.82) is 0 Å². The topological polar surface area (TPSA) is 12.0 Å². The second kappa shape index (κ2) is 4.96. The lowest BCUT2D eigenvalue weighted by atomic mass is 9.87. The highest BCUT2D eigenvalue weighted by molar-refractivity contribution is 5.35. The molecule has 1 fully saturated rings. The maximum atomic E-state index is 13.6. The summed E-state index contributed by atoms with van der Waals surface area (Å²) in [4.78, 5) is 0. The zero-order chi connectivity index (χ0) is 11.5. The molecule has 1 aromatic rings. The maximum absolute atomic E-state index is 13.6. The molecule has 0 bridgehead atoms. The first-order valence-corrected chi connectivity index (χ1v) is 6.22. The zero-order valence-corrected chi connectivity index (χ0v) is 10.1. The molecule has 0 amide bonds. The van der Waals surface area contributed by atoms with Gasteiger partial charge in [0.05, 0.1) is 0 Å². The average molecular weight is 221 g/mol. The van der Waals surface area contributed by atoms with Gasteiger partial charge in [0.2, 0.25) is 0 Å². The molecule has 1 nitrogen and oxygen atoms in total. The summed E-state index contributed by atoms with van der Waals surface area (Å²) >= 11 is 0. The van der Waals surface area contributed by atoms with Crippen LogP contribution in [0, 0.1) is 12.7 Å². The third-order valence-corrected chi connectivity index (χ3v) is 3.55. The molecular weight excluding hydrogens is 201 g/mol. The number of nitrogens with one attached hydrogen (secondary N) is 1. The first kappa shape index (κ1) is 11.6. The summed E-state index contributed by atoms with van der Waals surface area (Å²) in [5.41, 5.74) is 3.29. The van der Waals surface area contributed by atoms with Gasteiger partial charge in [-0.2, -0.15) is 0 Å². The highest BCUT2D eigenvalue weighted by atomic mass is 19.1. The fraction of sp³-hybridized carbons (Fsp3) is 0.571. The van der Waals surface area contributed by atoms with Crippen LogP contribution in [0.15, 0.2) is 12.1 Å². The van der Waals surface area contributed by atoms with E-state index in [4.69, 9.17) is 0 Å². The molecule has 1 saturated heterocycles. The van der Waals surface area contributed by atoms with Crippen LogP contribution in [0.1, 0.15) is 42.4 Å². The van der Waals surface area contributed by atoms with Crippen LogP contribution in [0.5, 0.6) is 0 Å². The van der Waals surface area contributed by atoms with Crippen LogP contribution >= 0.6 is 0 Å². The highest BCUT2D eigenvalue weighted by Crippen LogP contribution is 2.28. The summed E-state index contributed by atoms with van der Waals surface area (Å²) < 4.78 is 13.6. The monoisotopic (exact) mass is 221 g/mol. The molecule has 0 saturated carbocycles. The fourth-order valence-corrected chi connectivity index (χ4v) is 2.56. The molecule has 0 radical (unpaired) electrons. The van der Waals surface area contributed by atoms with E-state index in [-0.39, 0.29) is 5.82 Å². The van der Waals surface area contributed by atoms with Gasteiger partial charge in [-0.3, -0.25) is 0 Å². The molecule has 2 rings (SSSR count). The number of benzene rings is 1. The zero-order valence-electron chi connectivity index (χ0n) is 10.1. The number of hydrogen-bond acceptors (Lipinski definition) is 1. The van der Waals surface area contributed by atoms with Gasteiger partial charge in [-0.15, -0.1) is 0 Å². The van der Waals surface area contributed by atoms with Gasteiger partial charge in [0, 0.05) is 6.54 Å². The fourth-order valence-electron chi connectivity index (χ4n) is 2.56. The van der Waals surface area contributed by atoms with Crippen LogP contribution in [-0.4, -0.2) is 13.1 Å². The molecule has 1 atom stereocenters. The Labute approximate surface area is 97.1 Å². The predicted octanol–water partition coefficient (Wildman–Crippen LogP) is 3.16. The minimum atomic E-state index is -0.0486. The van der Waals surface area contributed by atoms with Crippen LogP contribution in [0.3, 0.4) is 0 Å². The molecule has 1 aliphatic heterocycles. The maximum Gasteiger partial charge on any atom is 0.126 e. The molecule has 1 N–H and O–H groups in total. The van der Waals surface area contributed by atoms with E-state index in [0.29, 0.717) is 5.92 Å². The molecule has 1 aromatic carbocycles. The van der Waals surface area contributed by atoms with Crippen LogP contribution < -0.4 is 5.32 Å². The van der Waals surface area contributed by atoms with E-state index in [1.165, 1.54) is 18.4 Å². The van der Waals surface area contributed by atoms with E-state index >= 15 is 0 Å². The van der Waals surface area contributed by atoms with Crippen molar-refractivity contribution in [2.24, 2.45) is 0 Å². The van der Waals surface area contributed by atoms with Gasteiger partial charge in [0.25, 0.3) is 0 Å². The number of halogens is 1. The Morgan fingerprint density at radius 3 is 2.88 bits per heavy atom. The molecule has 1 unspecified atom stereocenters. The Bertz CT molecular complexity index is 367.